The summed E-state index contributed by atoms with van der Waals surface area (Å²) < 4.78 is 64.5. The van der Waals surface area contributed by atoms with E-state index in [-0.39, 0.29) is 12.6 Å². The smallest absolute Gasteiger partial charge is 0.305 e. The molecule has 13 nitrogen and oxygen atoms in total. The van der Waals surface area contributed by atoms with Crippen LogP contribution in [0.4, 0.5) is 0 Å². The van der Waals surface area contributed by atoms with Crippen molar-refractivity contribution in [3.05, 3.63) is 0 Å². The van der Waals surface area contributed by atoms with E-state index in [1.807, 2.05) is 0 Å². The Morgan fingerprint density at radius 3 is 0.913 bits per heavy atom. The van der Waals surface area contributed by atoms with Gasteiger partial charge in [0.2, 0.25) is 0 Å². The van der Waals surface area contributed by atoms with Crippen LogP contribution in [0.1, 0.15) is 58.3 Å². The van der Waals surface area contributed by atoms with Gasteiger partial charge in [0.1, 0.15) is 6.61 Å². The molecule has 0 aliphatic rings. The fraction of sp³-hybridized carbons (Fsp3) is 0.970. The molecule has 0 unspecified atom stereocenters. The summed E-state index contributed by atoms with van der Waals surface area (Å²) in [5, 5.41) is 0. The molecule has 276 valence electrons. The van der Waals surface area contributed by atoms with Gasteiger partial charge in [-0.05, 0) is 6.42 Å². The second kappa shape index (κ2) is 42.1. The van der Waals surface area contributed by atoms with Crippen LogP contribution >= 0.6 is 0 Å². The van der Waals surface area contributed by atoms with Crippen molar-refractivity contribution in [2.75, 3.05) is 152 Å². The van der Waals surface area contributed by atoms with Gasteiger partial charge in [0.15, 0.2) is 0 Å². The van der Waals surface area contributed by atoms with E-state index in [1.54, 1.807) is 7.11 Å². The summed E-state index contributed by atoms with van der Waals surface area (Å²) >= 11 is 0. The van der Waals surface area contributed by atoms with Crippen LogP contribution in [0.15, 0.2) is 0 Å². The first-order valence-corrected chi connectivity index (χ1v) is 17.2. The summed E-state index contributed by atoms with van der Waals surface area (Å²) in [6, 6.07) is 0. The molecular formula is C33H66O13. The molecular weight excluding hydrogens is 604 g/mol. The fourth-order valence-electron chi connectivity index (χ4n) is 3.74. The average molecular weight is 671 g/mol. The molecule has 0 aromatic heterocycles. The molecule has 0 aliphatic heterocycles. The minimum atomic E-state index is -0.140. The van der Waals surface area contributed by atoms with Gasteiger partial charge in [0.25, 0.3) is 0 Å². The second-order valence-corrected chi connectivity index (χ2v) is 10.2. The Labute approximate surface area is 278 Å². The highest BCUT2D eigenvalue weighted by Crippen LogP contribution is 2.08. The minimum Gasteiger partial charge on any atom is -0.463 e. The molecule has 0 saturated carbocycles. The molecule has 0 aromatic carbocycles. The lowest BCUT2D eigenvalue weighted by atomic mass is 10.1. The number of carbonyl (C=O) groups excluding carboxylic acids is 1. The number of ether oxygens (including phenoxy) is 12. The molecule has 0 spiro atoms. The number of hydrogen-bond acceptors (Lipinski definition) is 13. The zero-order chi connectivity index (χ0) is 33.3. The Morgan fingerprint density at radius 1 is 0.348 bits per heavy atom. The summed E-state index contributed by atoms with van der Waals surface area (Å²) in [5.74, 6) is -0.140. The summed E-state index contributed by atoms with van der Waals surface area (Å²) in [5.41, 5.74) is 0. The maximum Gasteiger partial charge on any atom is 0.305 e. The predicted octanol–water partition coefficient (Wildman–Crippen LogP) is 3.48. The Balaban J connectivity index is 3.09. The maximum absolute atomic E-state index is 11.7. The van der Waals surface area contributed by atoms with E-state index in [9.17, 15) is 4.79 Å². The van der Waals surface area contributed by atoms with Gasteiger partial charge >= 0.3 is 5.97 Å². The molecule has 46 heavy (non-hydrogen) atoms. The zero-order valence-corrected chi connectivity index (χ0v) is 29.0. The number of hydrogen-bond donors (Lipinski definition) is 0. The summed E-state index contributed by atoms with van der Waals surface area (Å²) in [6.45, 7) is 13.2. The summed E-state index contributed by atoms with van der Waals surface area (Å²) in [6.07, 6.45) is 8.80. The molecule has 0 atom stereocenters. The van der Waals surface area contributed by atoms with E-state index in [0.717, 1.165) is 12.8 Å². The van der Waals surface area contributed by atoms with E-state index in [2.05, 4.69) is 6.92 Å². The molecule has 0 N–H and O–H groups in total. The van der Waals surface area contributed by atoms with Crippen LogP contribution in [0.5, 0.6) is 0 Å². The third-order valence-electron chi connectivity index (χ3n) is 6.26. The van der Waals surface area contributed by atoms with Crippen LogP contribution in [-0.4, -0.2) is 158 Å². The van der Waals surface area contributed by atoms with Crippen LogP contribution < -0.4 is 0 Å². The van der Waals surface area contributed by atoms with Gasteiger partial charge < -0.3 is 56.8 Å². The van der Waals surface area contributed by atoms with Crippen LogP contribution in [-0.2, 0) is 61.6 Å². The molecule has 0 aromatic rings. The predicted molar refractivity (Wildman–Crippen MR) is 174 cm³/mol. The van der Waals surface area contributed by atoms with Crippen molar-refractivity contribution in [3.63, 3.8) is 0 Å². The summed E-state index contributed by atoms with van der Waals surface area (Å²) in [4.78, 5) is 11.7. The van der Waals surface area contributed by atoms with Crippen molar-refractivity contribution in [2.45, 2.75) is 58.3 Å². The SMILES string of the molecule is CCCCCCCCCC(=O)OCCOCCOCCOCCOCCOCCOCCOCCOCCOCCOCCOC. The average Bonchev–Trinajstić information content (AvgIpc) is 3.06. The lowest BCUT2D eigenvalue weighted by Crippen LogP contribution is -2.15. The third-order valence-corrected chi connectivity index (χ3v) is 6.26. The van der Waals surface area contributed by atoms with E-state index in [1.165, 1.54) is 32.1 Å². The van der Waals surface area contributed by atoms with Crippen molar-refractivity contribution < 1.29 is 61.6 Å². The lowest BCUT2D eigenvalue weighted by Gasteiger charge is -2.09. The van der Waals surface area contributed by atoms with Gasteiger partial charge in [-0.3, -0.25) is 4.79 Å². The van der Waals surface area contributed by atoms with Gasteiger partial charge in [0, 0.05) is 13.5 Å². The first kappa shape index (κ1) is 45.0. The molecule has 0 amide bonds. The van der Waals surface area contributed by atoms with Gasteiger partial charge in [-0.1, -0.05) is 45.4 Å². The molecule has 0 bridgehead atoms. The van der Waals surface area contributed by atoms with Gasteiger partial charge in [-0.15, -0.1) is 0 Å². The lowest BCUT2D eigenvalue weighted by molar-refractivity contribution is -0.145. The Bertz CT molecular complexity index is 572. The molecule has 0 rings (SSSR count). The summed E-state index contributed by atoms with van der Waals surface area (Å²) in [7, 11) is 1.64. The monoisotopic (exact) mass is 670 g/mol. The number of esters is 1. The van der Waals surface area contributed by atoms with Crippen molar-refractivity contribution in [1.82, 2.24) is 0 Å². The van der Waals surface area contributed by atoms with Crippen LogP contribution in [0.3, 0.4) is 0 Å². The molecule has 0 radical (unpaired) electrons. The van der Waals surface area contributed by atoms with Crippen molar-refractivity contribution in [1.29, 1.82) is 0 Å². The number of rotatable bonds is 41. The Kier molecular flexibility index (Phi) is 41.2. The Hall–Kier alpha value is -0.970. The highest BCUT2D eigenvalue weighted by atomic mass is 16.6. The highest BCUT2D eigenvalue weighted by Gasteiger charge is 2.03. The van der Waals surface area contributed by atoms with E-state index in [0.29, 0.717) is 145 Å². The highest BCUT2D eigenvalue weighted by molar-refractivity contribution is 5.69. The van der Waals surface area contributed by atoms with Crippen molar-refractivity contribution >= 4 is 5.97 Å². The first-order valence-electron chi connectivity index (χ1n) is 17.2. The number of unbranched alkanes of at least 4 members (excludes halogenated alkanes) is 6. The molecule has 0 heterocycles. The fourth-order valence-corrected chi connectivity index (χ4v) is 3.74. The van der Waals surface area contributed by atoms with Gasteiger partial charge in [-0.2, -0.15) is 0 Å². The zero-order valence-electron chi connectivity index (χ0n) is 29.0. The van der Waals surface area contributed by atoms with E-state index in [4.69, 9.17) is 56.8 Å². The van der Waals surface area contributed by atoms with Gasteiger partial charge in [0.05, 0.1) is 139 Å². The minimum absolute atomic E-state index is 0.140. The largest absolute Gasteiger partial charge is 0.463 e. The van der Waals surface area contributed by atoms with Gasteiger partial charge in [-0.25, -0.2) is 0 Å². The van der Waals surface area contributed by atoms with Crippen LogP contribution in [0.2, 0.25) is 0 Å². The van der Waals surface area contributed by atoms with Crippen molar-refractivity contribution in [3.8, 4) is 0 Å². The molecule has 0 saturated heterocycles. The molecule has 0 aliphatic carbocycles. The van der Waals surface area contributed by atoms with Crippen LogP contribution in [0.25, 0.3) is 0 Å². The molecule has 0 fully saturated rings. The third kappa shape index (κ3) is 41.1. The second-order valence-electron chi connectivity index (χ2n) is 10.2. The van der Waals surface area contributed by atoms with Crippen molar-refractivity contribution in [2.24, 2.45) is 0 Å². The van der Waals surface area contributed by atoms with E-state index >= 15 is 0 Å². The Morgan fingerprint density at radius 2 is 0.609 bits per heavy atom. The first-order chi connectivity index (χ1) is 22.8. The maximum atomic E-state index is 11.7. The standard InChI is InChI=1S/C33H66O13/c1-3-4-5-6-7-8-9-10-33(34)46-32-31-45-30-29-44-28-27-43-26-25-42-24-23-41-22-21-40-20-19-39-18-17-38-16-15-37-14-13-36-12-11-35-2/h3-32H2,1-2H3. The quantitative estimate of drug-likeness (QED) is 0.0696. The topological polar surface area (TPSA) is 128 Å². The normalized spacial score (nSPS) is 11.4. The van der Waals surface area contributed by atoms with Crippen LogP contribution in [0, 0.1) is 0 Å². The molecule has 13 heteroatoms. The number of methoxy groups -OCH3 is 1. The van der Waals surface area contributed by atoms with E-state index < -0.39 is 0 Å². The number of carbonyl (C=O) groups is 1.